The highest BCUT2D eigenvalue weighted by atomic mass is 16.5. The van der Waals surface area contributed by atoms with Crippen LogP contribution in [0.1, 0.15) is 11.5 Å². The fraction of sp³-hybridized carbons (Fsp3) is 0.235. The van der Waals surface area contributed by atoms with Crippen LogP contribution < -0.4 is 9.47 Å². The van der Waals surface area contributed by atoms with Crippen molar-refractivity contribution < 1.29 is 9.47 Å². The number of benzene rings is 1. The van der Waals surface area contributed by atoms with E-state index < -0.39 is 0 Å². The molecule has 0 saturated heterocycles. The van der Waals surface area contributed by atoms with Crippen molar-refractivity contribution in [2.75, 3.05) is 14.2 Å². The molecule has 0 aliphatic heterocycles. The van der Waals surface area contributed by atoms with Gasteiger partial charge in [-0.25, -0.2) is 24.1 Å². The van der Waals surface area contributed by atoms with Crippen molar-refractivity contribution in [3.63, 3.8) is 0 Å². The SMILES string of the molecule is COc1cc(OC)cc(-c2nc(-n3cncn3)c3c(C)nc(C)n3n2)c1. The normalized spacial score (nSPS) is 11.1. The number of nitrogens with zero attached hydrogens (tertiary/aromatic N) is 7. The molecule has 4 aromatic rings. The van der Waals surface area contributed by atoms with E-state index in [1.54, 1.807) is 35.8 Å². The zero-order valence-electron chi connectivity index (χ0n) is 14.8. The van der Waals surface area contributed by atoms with Crippen molar-refractivity contribution in [3.8, 4) is 28.7 Å². The molecule has 9 nitrogen and oxygen atoms in total. The van der Waals surface area contributed by atoms with Crippen LogP contribution in [-0.2, 0) is 0 Å². The fourth-order valence-electron chi connectivity index (χ4n) is 2.84. The molecule has 0 saturated carbocycles. The summed E-state index contributed by atoms with van der Waals surface area (Å²) in [5, 5.41) is 8.87. The van der Waals surface area contributed by atoms with Crippen LogP contribution in [0, 0.1) is 13.8 Å². The minimum absolute atomic E-state index is 0.501. The lowest BCUT2D eigenvalue weighted by Crippen LogP contribution is -2.08. The minimum Gasteiger partial charge on any atom is -0.497 e. The molecule has 9 heteroatoms. The molecular formula is C17H17N7O2. The maximum absolute atomic E-state index is 5.35. The van der Waals surface area contributed by atoms with Crippen molar-refractivity contribution in [2.45, 2.75) is 13.8 Å². The van der Waals surface area contributed by atoms with E-state index >= 15 is 0 Å². The Balaban J connectivity index is 2.02. The molecule has 132 valence electrons. The molecule has 4 rings (SSSR count). The molecule has 0 aliphatic carbocycles. The molecule has 0 bridgehead atoms. The molecule has 0 N–H and O–H groups in total. The van der Waals surface area contributed by atoms with Gasteiger partial charge in [-0.05, 0) is 26.0 Å². The number of methoxy groups -OCH3 is 2. The molecule has 3 heterocycles. The number of ether oxygens (including phenoxy) is 2. The topological polar surface area (TPSA) is 92.2 Å². The molecule has 0 atom stereocenters. The first-order valence-corrected chi connectivity index (χ1v) is 7.93. The van der Waals surface area contributed by atoms with E-state index in [9.17, 15) is 0 Å². The first-order valence-electron chi connectivity index (χ1n) is 7.93. The van der Waals surface area contributed by atoms with Gasteiger partial charge in [0.2, 0.25) is 0 Å². The van der Waals surface area contributed by atoms with E-state index in [-0.39, 0.29) is 0 Å². The number of fused-ring (bicyclic) bond motifs is 1. The average molecular weight is 351 g/mol. The molecule has 0 aliphatic rings. The Morgan fingerprint density at radius 2 is 1.69 bits per heavy atom. The lowest BCUT2D eigenvalue weighted by Gasteiger charge is -2.10. The maximum atomic E-state index is 5.35. The van der Waals surface area contributed by atoms with Gasteiger partial charge in [0.25, 0.3) is 0 Å². The highest BCUT2D eigenvalue weighted by molar-refractivity contribution is 5.68. The second-order valence-corrected chi connectivity index (χ2v) is 5.71. The van der Waals surface area contributed by atoms with Crippen molar-refractivity contribution in [3.05, 3.63) is 42.4 Å². The lowest BCUT2D eigenvalue weighted by molar-refractivity contribution is 0.394. The lowest BCUT2D eigenvalue weighted by atomic mass is 10.2. The highest BCUT2D eigenvalue weighted by Crippen LogP contribution is 2.29. The molecular weight excluding hydrogens is 334 g/mol. The standard InChI is InChI=1S/C17H17N7O2/c1-10-15-17(23-9-18-8-19-23)21-16(22-24(15)11(2)20-10)12-5-13(25-3)7-14(6-12)26-4/h5-9H,1-4H3. The second-order valence-electron chi connectivity index (χ2n) is 5.71. The summed E-state index contributed by atoms with van der Waals surface area (Å²) >= 11 is 0. The quantitative estimate of drug-likeness (QED) is 0.555. The van der Waals surface area contributed by atoms with Gasteiger partial charge in [0.1, 0.15) is 35.5 Å². The summed E-state index contributed by atoms with van der Waals surface area (Å²) in [5.41, 5.74) is 2.37. The largest absolute Gasteiger partial charge is 0.497 e. The number of imidazole rings is 1. The monoisotopic (exact) mass is 351 g/mol. The Bertz CT molecular complexity index is 1060. The third-order valence-electron chi connectivity index (χ3n) is 4.05. The molecule has 0 fully saturated rings. The van der Waals surface area contributed by atoms with E-state index in [0.29, 0.717) is 23.1 Å². The van der Waals surface area contributed by atoms with Crippen LogP contribution in [-0.4, -0.2) is 48.6 Å². The summed E-state index contributed by atoms with van der Waals surface area (Å²) in [4.78, 5) is 13.2. The summed E-state index contributed by atoms with van der Waals surface area (Å²) in [7, 11) is 3.21. The van der Waals surface area contributed by atoms with E-state index in [1.807, 2.05) is 26.0 Å². The Morgan fingerprint density at radius 3 is 2.31 bits per heavy atom. The number of rotatable bonds is 4. The van der Waals surface area contributed by atoms with Crippen molar-refractivity contribution in [1.82, 2.24) is 34.3 Å². The third kappa shape index (κ3) is 2.53. The van der Waals surface area contributed by atoms with E-state index in [2.05, 4.69) is 20.2 Å². The predicted molar refractivity (Wildman–Crippen MR) is 93.7 cm³/mol. The first-order chi connectivity index (χ1) is 12.6. The Kier molecular flexibility index (Phi) is 3.76. The van der Waals surface area contributed by atoms with Gasteiger partial charge in [-0.1, -0.05) is 0 Å². The Morgan fingerprint density at radius 1 is 0.962 bits per heavy atom. The van der Waals surface area contributed by atoms with E-state index in [0.717, 1.165) is 22.6 Å². The summed E-state index contributed by atoms with van der Waals surface area (Å²) in [6, 6.07) is 5.51. The van der Waals surface area contributed by atoms with Crippen LogP contribution in [0.5, 0.6) is 11.5 Å². The smallest absolute Gasteiger partial charge is 0.185 e. The fourth-order valence-corrected chi connectivity index (χ4v) is 2.84. The molecule has 26 heavy (non-hydrogen) atoms. The molecule has 0 radical (unpaired) electrons. The van der Waals surface area contributed by atoms with Crippen molar-refractivity contribution >= 4 is 5.52 Å². The van der Waals surface area contributed by atoms with E-state index in [4.69, 9.17) is 14.5 Å². The third-order valence-corrected chi connectivity index (χ3v) is 4.05. The Labute approximate surface area is 149 Å². The summed E-state index contributed by atoms with van der Waals surface area (Å²) in [5.74, 6) is 3.18. The minimum atomic E-state index is 0.501. The van der Waals surface area contributed by atoms with Crippen molar-refractivity contribution in [2.24, 2.45) is 0 Å². The Hall–Kier alpha value is -3.49. The number of aromatic nitrogens is 7. The van der Waals surface area contributed by atoms with E-state index in [1.165, 1.54) is 6.33 Å². The van der Waals surface area contributed by atoms with Gasteiger partial charge < -0.3 is 9.47 Å². The van der Waals surface area contributed by atoms with Crippen LogP contribution in [0.4, 0.5) is 0 Å². The van der Waals surface area contributed by atoms with Gasteiger partial charge in [-0.3, -0.25) is 0 Å². The van der Waals surface area contributed by atoms with Crippen LogP contribution in [0.2, 0.25) is 0 Å². The van der Waals surface area contributed by atoms with Crippen LogP contribution in [0.15, 0.2) is 30.9 Å². The molecule has 0 amide bonds. The summed E-state index contributed by atoms with van der Waals surface area (Å²) in [6.07, 6.45) is 3.06. The predicted octanol–water partition coefficient (Wildman–Crippen LogP) is 2.01. The van der Waals surface area contributed by atoms with Gasteiger partial charge in [-0.15, -0.1) is 5.10 Å². The van der Waals surface area contributed by atoms with Crippen molar-refractivity contribution in [1.29, 1.82) is 0 Å². The molecule has 1 aromatic carbocycles. The van der Waals surface area contributed by atoms with Gasteiger partial charge >= 0.3 is 0 Å². The molecule has 0 unspecified atom stereocenters. The average Bonchev–Trinajstić information content (AvgIpc) is 3.29. The maximum Gasteiger partial charge on any atom is 0.185 e. The second kappa shape index (κ2) is 6.10. The van der Waals surface area contributed by atoms with Gasteiger partial charge in [-0.2, -0.15) is 5.10 Å². The molecule has 3 aromatic heterocycles. The number of hydrogen-bond acceptors (Lipinski definition) is 7. The summed E-state index contributed by atoms with van der Waals surface area (Å²) in [6.45, 7) is 3.81. The zero-order chi connectivity index (χ0) is 18.3. The number of aryl methyl sites for hydroxylation is 2. The van der Waals surface area contributed by atoms with Gasteiger partial charge in [0.15, 0.2) is 11.6 Å². The first kappa shape index (κ1) is 16.0. The van der Waals surface area contributed by atoms with Crippen LogP contribution in [0.25, 0.3) is 22.7 Å². The zero-order valence-corrected chi connectivity index (χ0v) is 14.8. The summed E-state index contributed by atoms with van der Waals surface area (Å²) < 4.78 is 14.1. The van der Waals surface area contributed by atoms with Gasteiger partial charge in [0, 0.05) is 11.6 Å². The number of hydrogen-bond donors (Lipinski definition) is 0. The molecule has 0 spiro atoms. The van der Waals surface area contributed by atoms with Crippen LogP contribution in [0.3, 0.4) is 0 Å². The highest BCUT2D eigenvalue weighted by Gasteiger charge is 2.18. The van der Waals surface area contributed by atoms with Gasteiger partial charge in [0.05, 0.1) is 19.9 Å². The van der Waals surface area contributed by atoms with Crippen LogP contribution >= 0.6 is 0 Å².